The first-order valence-corrected chi connectivity index (χ1v) is 5.09. The van der Waals surface area contributed by atoms with Crippen molar-refractivity contribution in [3.05, 3.63) is 52.8 Å². The van der Waals surface area contributed by atoms with Crippen LogP contribution in [0.4, 0.5) is 0 Å². The average Bonchev–Trinajstić information content (AvgIpc) is 2.59. The van der Waals surface area contributed by atoms with Gasteiger partial charge >= 0.3 is 0 Å². The summed E-state index contributed by atoms with van der Waals surface area (Å²) in [6.45, 7) is 4.05. The Labute approximate surface area is 89.3 Å². The van der Waals surface area contributed by atoms with E-state index < -0.39 is 0 Å². The molecule has 78 valence electrons. The van der Waals surface area contributed by atoms with E-state index in [0.29, 0.717) is 0 Å². The average molecular weight is 202 g/mol. The molecule has 0 aliphatic carbocycles. The standard InChI is InChI=1S/C12H15N3/c1-8-11(9(2)15-14-8)12(13)10-6-4-3-5-7-10/h3-7,12H,13H2,1-2H3,(H,14,15)/p+1/t12-/m0/s1. The molecule has 0 radical (unpaired) electrons. The van der Waals surface area contributed by atoms with Gasteiger partial charge in [-0.25, -0.2) is 0 Å². The Kier molecular flexibility index (Phi) is 2.56. The van der Waals surface area contributed by atoms with E-state index in [1.54, 1.807) is 0 Å². The van der Waals surface area contributed by atoms with E-state index in [1.165, 1.54) is 11.1 Å². The normalized spacial score (nSPS) is 12.7. The number of hydrogen-bond acceptors (Lipinski definition) is 1. The van der Waals surface area contributed by atoms with E-state index in [2.05, 4.69) is 28.1 Å². The summed E-state index contributed by atoms with van der Waals surface area (Å²) in [5.74, 6) is 0. The monoisotopic (exact) mass is 202 g/mol. The fourth-order valence-corrected chi connectivity index (χ4v) is 1.93. The van der Waals surface area contributed by atoms with Gasteiger partial charge in [0.1, 0.15) is 6.04 Å². The van der Waals surface area contributed by atoms with Crippen molar-refractivity contribution in [2.75, 3.05) is 0 Å². The number of H-pyrrole nitrogens is 1. The molecular weight excluding hydrogens is 186 g/mol. The molecule has 3 heteroatoms. The molecule has 0 saturated heterocycles. The second-order valence-electron chi connectivity index (χ2n) is 3.81. The molecule has 1 heterocycles. The molecule has 0 fully saturated rings. The van der Waals surface area contributed by atoms with E-state index in [-0.39, 0.29) is 6.04 Å². The fourth-order valence-electron chi connectivity index (χ4n) is 1.93. The fraction of sp³-hybridized carbons (Fsp3) is 0.250. The van der Waals surface area contributed by atoms with Crippen LogP contribution in [0.2, 0.25) is 0 Å². The number of aromatic amines is 1. The minimum atomic E-state index is 0.157. The molecule has 0 aliphatic rings. The number of benzene rings is 1. The molecule has 0 bridgehead atoms. The van der Waals surface area contributed by atoms with Crippen LogP contribution in [0.5, 0.6) is 0 Å². The number of nitrogens with zero attached hydrogens (tertiary/aromatic N) is 1. The zero-order valence-electron chi connectivity index (χ0n) is 9.12. The molecule has 1 aromatic carbocycles. The highest BCUT2D eigenvalue weighted by atomic mass is 15.1. The summed E-state index contributed by atoms with van der Waals surface area (Å²) in [6, 6.07) is 10.5. The maximum Gasteiger partial charge on any atom is 0.139 e. The Morgan fingerprint density at radius 3 is 2.40 bits per heavy atom. The Morgan fingerprint density at radius 2 is 1.87 bits per heavy atom. The van der Waals surface area contributed by atoms with Crippen molar-refractivity contribution in [2.45, 2.75) is 19.9 Å². The van der Waals surface area contributed by atoms with Crippen LogP contribution in [0.3, 0.4) is 0 Å². The van der Waals surface area contributed by atoms with Gasteiger partial charge in [0.2, 0.25) is 0 Å². The van der Waals surface area contributed by atoms with Crippen LogP contribution < -0.4 is 5.73 Å². The largest absolute Gasteiger partial charge is 0.347 e. The molecule has 1 atom stereocenters. The van der Waals surface area contributed by atoms with Gasteiger partial charge in [-0.15, -0.1) is 0 Å². The number of hydrogen-bond donors (Lipinski definition) is 2. The quantitative estimate of drug-likeness (QED) is 0.759. The Morgan fingerprint density at radius 1 is 1.20 bits per heavy atom. The highest BCUT2D eigenvalue weighted by Gasteiger charge is 2.19. The molecule has 0 saturated carbocycles. The molecule has 2 aromatic rings. The van der Waals surface area contributed by atoms with Crippen molar-refractivity contribution in [2.24, 2.45) is 0 Å². The molecule has 4 N–H and O–H groups in total. The van der Waals surface area contributed by atoms with Gasteiger partial charge in [-0.3, -0.25) is 5.10 Å². The molecular formula is C12H16N3+. The van der Waals surface area contributed by atoms with Gasteiger partial charge < -0.3 is 5.73 Å². The van der Waals surface area contributed by atoms with Crippen LogP contribution >= 0.6 is 0 Å². The summed E-state index contributed by atoms with van der Waals surface area (Å²) in [6.07, 6.45) is 0. The van der Waals surface area contributed by atoms with Crippen molar-refractivity contribution >= 4 is 0 Å². The van der Waals surface area contributed by atoms with Crippen LogP contribution in [0.15, 0.2) is 30.3 Å². The minimum absolute atomic E-state index is 0.157. The van der Waals surface area contributed by atoms with Gasteiger partial charge in [-0.05, 0) is 13.8 Å². The molecule has 3 nitrogen and oxygen atoms in total. The molecule has 0 spiro atoms. The van der Waals surface area contributed by atoms with E-state index in [0.717, 1.165) is 11.4 Å². The van der Waals surface area contributed by atoms with Crippen LogP contribution in [0, 0.1) is 13.8 Å². The first-order chi connectivity index (χ1) is 7.20. The lowest BCUT2D eigenvalue weighted by Crippen LogP contribution is -2.54. The summed E-state index contributed by atoms with van der Waals surface area (Å²) < 4.78 is 0. The van der Waals surface area contributed by atoms with Crippen molar-refractivity contribution in [1.82, 2.24) is 10.2 Å². The maximum absolute atomic E-state index is 4.21. The van der Waals surface area contributed by atoms with Crippen LogP contribution in [-0.4, -0.2) is 10.2 Å². The number of nitrogens with one attached hydrogen (secondary N) is 1. The summed E-state index contributed by atoms with van der Waals surface area (Å²) in [5, 5.41) is 7.20. The summed E-state index contributed by atoms with van der Waals surface area (Å²) in [5.41, 5.74) is 8.79. The van der Waals surface area contributed by atoms with Gasteiger partial charge in [0.25, 0.3) is 0 Å². The van der Waals surface area contributed by atoms with Gasteiger partial charge in [-0.2, -0.15) is 5.10 Å². The van der Waals surface area contributed by atoms with Crippen molar-refractivity contribution in [1.29, 1.82) is 0 Å². The lowest BCUT2D eigenvalue weighted by Gasteiger charge is -2.08. The van der Waals surface area contributed by atoms with Gasteiger partial charge in [0.15, 0.2) is 0 Å². The second kappa shape index (κ2) is 3.87. The predicted molar refractivity (Wildman–Crippen MR) is 59.2 cm³/mol. The predicted octanol–water partition coefficient (Wildman–Crippen LogP) is 1.36. The van der Waals surface area contributed by atoms with E-state index in [9.17, 15) is 0 Å². The van der Waals surface area contributed by atoms with E-state index in [1.807, 2.05) is 32.0 Å². The van der Waals surface area contributed by atoms with Gasteiger partial charge in [0, 0.05) is 11.3 Å². The molecule has 0 aliphatic heterocycles. The Balaban J connectivity index is 2.41. The van der Waals surface area contributed by atoms with Crippen LogP contribution in [-0.2, 0) is 0 Å². The van der Waals surface area contributed by atoms with E-state index >= 15 is 0 Å². The lowest BCUT2D eigenvalue weighted by molar-refractivity contribution is -0.411. The van der Waals surface area contributed by atoms with Crippen molar-refractivity contribution in [3.63, 3.8) is 0 Å². The molecule has 15 heavy (non-hydrogen) atoms. The number of aryl methyl sites for hydroxylation is 2. The Bertz CT molecular complexity index is 426. The summed E-state index contributed by atoms with van der Waals surface area (Å²) in [7, 11) is 0. The zero-order chi connectivity index (χ0) is 10.8. The van der Waals surface area contributed by atoms with Crippen molar-refractivity contribution in [3.8, 4) is 0 Å². The first-order valence-electron chi connectivity index (χ1n) is 5.09. The highest BCUT2D eigenvalue weighted by Crippen LogP contribution is 2.22. The molecule has 1 aromatic heterocycles. The van der Waals surface area contributed by atoms with Crippen molar-refractivity contribution < 1.29 is 5.73 Å². The molecule has 0 amide bonds. The van der Waals surface area contributed by atoms with Crippen LogP contribution in [0.25, 0.3) is 0 Å². The van der Waals surface area contributed by atoms with E-state index in [4.69, 9.17) is 0 Å². The van der Waals surface area contributed by atoms with Gasteiger partial charge in [0.05, 0.1) is 11.3 Å². The minimum Gasteiger partial charge on any atom is -0.347 e. The smallest absolute Gasteiger partial charge is 0.139 e. The number of quaternary nitrogens is 1. The Hall–Kier alpha value is -1.61. The van der Waals surface area contributed by atoms with Gasteiger partial charge in [-0.1, -0.05) is 30.3 Å². The first kappa shape index (κ1) is 9.93. The van der Waals surface area contributed by atoms with Crippen LogP contribution in [0.1, 0.15) is 28.6 Å². The number of rotatable bonds is 2. The number of aromatic nitrogens is 2. The molecule has 0 unspecified atom stereocenters. The third kappa shape index (κ3) is 1.78. The highest BCUT2D eigenvalue weighted by molar-refractivity contribution is 5.33. The third-order valence-corrected chi connectivity index (χ3v) is 2.74. The SMILES string of the molecule is Cc1n[nH]c(C)c1[C@@H]([NH3+])c1ccccc1. The second-order valence-corrected chi connectivity index (χ2v) is 3.81. The maximum atomic E-state index is 4.21. The third-order valence-electron chi connectivity index (χ3n) is 2.74. The zero-order valence-corrected chi connectivity index (χ0v) is 9.12. The summed E-state index contributed by atoms with van der Waals surface area (Å²) >= 11 is 0. The lowest BCUT2D eigenvalue weighted by atomic mass is 9.98. The molecule has 2 rings (SSSR count). The topological polar surface area (TPSA) is 56.3 Å². The summed E-state index contributed by atoms with van der Waals surface area (Å²) in [4.78, 5) is 0.